The Labute approximate surface area is 91.5 Å². The molecule has 0 heterocycles. The molecule has 0 aliphatic carbocycles. The van der Waals surface area contributed by atoms with E-state index in [0.717, 1.165) is 12.2 Å². The molecule has 0 saturated carbocycles. The minimum Gasteiger partial charge on any atom is -0.496 e. The summed E-state index contributed by atoms with van der Waals surface area (Å²) < 4.78 is 5.34. The lowest BCUT2D eigenvalue weighted by Gasteiger charge is -2.17. The molecular weight excluding hydrogens is 186 g/mol. The molecule has 2 heteroatoms. The van der Waals surface area contributed by atoms with Crippen molar-refractivity contribution < 1.29 is 4.74 Å². The molecule has 0 fully saturated rings. The topological polar surface area (TPSA) is 33.0 Å². The Morgan fingerprint density at radius 3 is 2.80 bits per heavy atom. The number of ether oxygens (including phenoxy) is 1. The molecule has 1 atom stereocenters. The van der Waals surface area contributed by atoms with Crippen LogP contribution >= 0.6 is 0 Å². The molecule has 0 radical (unpaired) electrons. The van der Waals surface area contributed by atoms with Crippen LogP contribution in [0.5, 0.6) is 5.75 Å². The molecule has 1 unspecified atom stereocenters. The first-order valence-corrected chi connectivity index (χ1v) is 5.21. The van der Waals surface area contributed by atoms with E-state index < -0.39 is 0 Å². The van der Waals surface area contributed by atoms with E-state index >= 15 is 0 Å². The summed E-state index contributed by atoms with van der Waals surface area (Å²) in [6.45, 7) is 4.23. The monoisotopic (exact) mass is 203 g/mol. The third-order valence-corrected chi connectivity index (χ3v) is 2.69. The minimum atomic E-state index is 0.376. The molecule has 0 spiro atoms. The maximum absolute atomic E-state index is 8.58. The van der Waals surface area contributed by atoms with E-state index in [4.69, 9.17) is 10.00 Å². The molecule has 0 amide bonds. The summed E-state index contributed by atoms with van der Waals surface area (Å²) in [7, 11) is 1.69. The molecule has 1 rings (SSSR count). The lowest BCUT2D eigenvalue weighted by molar-refractivity contribution is 0.405. The Morgan fingerprint density at radius 1 is 1.47 bits per heavy atom. The molecule has 15 heavy (non-hydrogen) atoms. The average molecular weight is 203 g/mol. The number of hydrogen-bond donors (Lipinski definition) is 0. The summed E-state index contributed by atoms with van der Waals surface area (Å²) in [5.41, 5.74) is 2.47. The zero-order valence-corrected chi connectivity index (χ0v) is 9.58. The lowest BCUT2D eigenvalue weighted by atomic mass is 9.92. The first-order chi connectivity index (χ1) is 7.20. The van der Waals surface area contributed by atoms with Crippen LogP contribution in [0.25, 0.3) is 0 Å². The van der Waals surface area contributed by atoms with Crippen LogP contribution in [0, 0.1) is 18.3 Å². The van der Waals surface area contributed by atoms with Gasteiger partial charge in [0.2, 0.25) is 0 Å². The molecule has 2 nitrogen and oxygen atoms in total. The highest BCUT2D eigenvalue weighted by Gasteiger charge is 2.13. The highest BCUT2D eigenvalue weighted by atomic mass is 16.5. The van der Waals surface area contributed by atoms with E-state index in [0.29, 0.717) is 12.3 Å². The number of benzene rings is 1. The molecule has 1 aromatic rings. The quantitative estimate of drug-likeness (QED) is 0.751. The van der Waals surface area contributed by atoms with Crippen molar-refractivity contribution in [3.63, 3.8) is 0 Å². The lowest BCUT2D eigenvalue weighted by Crippen LogP contribution is -2.00. The summed E-state index contributed by atoms with van der Waals surface area (Å²) in [6.07, 6.45) is 1.48. The molecule has 0 saturated heterocycles. The van der Waals surface area contributed by atoms with Crippen molar-refractivity contribution >= 4 is 0 Å². The number of nitrogens with zero attached hydrogens (tertiary/aromatic N) is 1. The normalized spacial score (nSPS) is 11.9. The molecule has 0 aliphatic rings. The Morgan fingerprint density at radius 2 is 2.20 bits per heavy atom. The van der Waals surface area contributed by atoms with Gasteiger partial charge in [0, 0.05) is 6.42 Å². The zero-order valence-electron chi connectivity index (χ0n) is 9.58. The Bertz CT molecular complexity index is 365. The summed E-state index contributed by atoms with van der Waals surface area (Å²) in [5.74, 6) is 1.31. The van der Waals surface area contributed by atoms with Crippen molar-refractivity contribution in [2.45, 2.75) is 32.6 Å². The fraction of sp³-hybridized carbons (Fsp3) is 0.462. The van der Waals surface area contributed by atoms with E-state index in [1.807, 2.05) is 12.1 Å². The number of methoxy groups -OCH3 is 1. The fourth-order valence-electron chi connectivity index (χ4n) is 1.89. The van der Waals surface area contributed by atoms with Crippen molar-refractivity contribution in [3.05, 3.63) is 29.3 Å². The molecule has 0 bridgehead atoms. The number of aryl methyl sites for hydroxylation is 1. The van der Waals surface area contributed by atoms with Crippen molar-refractivity contribution in [3.8, 4) is 11.8 Å². The Kier molecular flexibility index (Phi) is 4.17. The van der Waals surface area contributed by atoms with Gasteiger partial charge in [0.1, 0.15) is 5.75 Å². The second-order valence-corrected chi connectivity index (χ2v) is 3.79. The summed E-state index contributed by atoms with van der Waals surface area (Å²) in [5, 5.41) is 8.58. The Balaban J connectivity index is 2.96. The van der Waals surface area contributed by atoms with Crippen LogP contribution in [-0.4, -0.2) is 7.11 Å². The Hall–Kier alpha value is -1.49. The first-order valence-electron chi connectivity index (χ1n) is 5.21. The van der Waals surface area contributed by atoms with Crippen molar-refractivity contribution in [2.24, 2.45) is 0 Å². The van der Waals surface area contributed by atoms with Crippen LogP contribution < -0.4 is 4.74 Å². The largest absolute Gasteiger partial charge is 0.496 e. The molecule has 0 aromatic heterocycles. The highest BCUT2D eigenvalue weighted by Crippen LogP contribution is 2.32. The van der Waals surface area contributed by atoms with Gasteiger partial charge >= 0.3 is 0 Å². The minimum absolute atomic E-state index is 0.376. The molecular formula is C13H17NO. The van der Waals surface area contributed by atoms with Gasteiger partial charge in [-0.2, -0.15) is 5.26 Å². The van der Waals surface area contributed by atoms with Gasteiger partial charge in [0.25, 0.3) is 0 Å². The predicted octanol–water partition coefficient (Wildman–Crippen LogP) is 3.41. The first kappa shape index (κ1) is 11.6. The van der Waals surface area contributed by atoms with E-state index in [9.17, 15) is 0 Å². The summed E-state index contributed by atoms with van der Waals surface area (Å²) in [6, 6.07) is 8.24. The van der Waals surface area contributed by atoms with Gasteiger partial charge in [-0.25, -0.2) is 0 Å². The number of hydrogen-bond acceptors (Lipinski definition) is 2. The maximum Gasteiger partial charge on any atom is 0.122 e. The van der Waals surface area contributed by atoms with Crippen LogP contribution in [0.15, 0.2) is 18.2 Å². The standard InChI is InChI=1S/C13H17NO/c1-10-6-4-8-12(15-3)13(10)11(2)7-5-9-14/h4,6,8,11H,5,7H2,1-3H3. The third kappa shape index (κ3) is 2.73. The number of nitriles is 1. The SMILES string of the molecule is COc1cccc(C)c1C(C)CCC#N. The van der Waals surface area contributed by atoms with Crippen LogP contribution in [0.4, 0.5) is 0 Å². The molecule has 0 aliphatic heterocycles. The predicted molar refractivity (Wildman–Crippen MR) is 61.0 cm³/mol. The summed E-state index contributed by atoms with van der Waals surface area (Å²) >= 11 is 0. The molecule has 1 aromatic carbocycles. The highest BCUT2D eigenvalue weighted by molar-refractivity contribution is 5.41. The van der Waals surface area contributed by atoms with Crippen molar-refractivity contribution in [1.82, 2.24) is 0 Å². The summed E-state index contributed by atoms with van der Waals surface area (Å²) in [4.78, 5) is 0. The molecule has 80 valence electrons. The second-order valence-electron chi connectivity index (χ2n) is 3.79. The van der Waals surface area contributed by atoms with E-state index in [2.05, 4.69) is 26.0 Å². The molecule has 0 N–H and O–H groups in total. The van der Waals surface area contributed by atoms with Gasteiger partial charge in [-0.15, -0.1) is 0 Å². The van der Waals surface area contributed by atoms with Gasteiger partial charge in [-0.3, -0.25) is 0 Å². The second kappa shape index (κ2) is 5.41. The smallest absolute Gasteiger partial charge is 0.122 e. The van der Waals surface area contributed by atoms with Crippen molar-refractivity contribution in [1.29, 1.82) is 5.26 Å². The van der Waals surface area contributed by atoms with Gasteiger partial charge in [-0.05, 0) is 36.5 Å². The van der Waals surface area contributed by atoms with E-state index in [1.165, 1.54) is 11.1 Å². The van der Waals surface area contributed by atoms with Crippen LogP contribution in [0.1, 0.15) is 36.8 Å². The average Bonchev–Trinajstić information content (AvgIpc) is 2.25. The van der Waals surface area contributed by atoms with Gasteiger partial charge in [-0.1, -0.05) is 19.1 Å². The fourth-order valence-corrected chi connectivity index (χ4v) is 1.89. The maximum atomic E-state index is 8.58. The van der Waals surface area contributed by atoms with Gasteiger partial charge < -0.3 is 4.74 Å². The van der Waals surface area contributed by atoms with Crippen LogP contribution in [0.3, 0.4) is 0 Å². The zero-order chi connectivity index (χ0) is 11.3. The van der Waals surface area contributed by atoms with E-state index in [-0.39, 0.29) is 0 Å². The van der Waals surface area contributed by atoms with Gasteiger partial charge in [0.05, 0.1) is 13.2 Å². The van der Waals surface area contributed by atoms with Crippen LogP contribution in [-0.2, 0) is 0 Å². The third-order valence-electron chi connectivity index (χ3n) is 2.69. The number of rotatable bonds is 4. The van der Waals surface area contributed by atoms with E-state index in [1.54, 1.807) is 7.11 Å². The van der Waals surface area contributed by atoms with Crippen molar-refractivity contribution in [2.75, 3.05) is 7.11 Å². The van der Waals surface area contributed by atoms with Crippen LogP contribution in [0.2, 0.25) is 0 Å². The van der Waals surface area contributed by atoms with Gasteiger partial charge in [0.15, 0.2) is 0 Å².